The maximum atomic E-state index is 11.5. The van der Waals surface area contributed by atoms with Crippen LogP contribution < -0.4 is 5.32 Å². The van der Waals surface area contributed by atoms with Gasteiger partial charge in [-0.25, -0.2) is 4.79 Å². The zero-order valence-corrected chi connectivity index (χ0v) is 9.62. The van der Waals surface area contributed by atoms with Crippen LogP contribution in [0.1, 0.15) is 20.3 Å². The summed E-state index contributed by atoms with van der Waals surface area (Å²) in [6.07, 6.45) is 1.05. The lowest BCUT2D eigenvalue weighted by molar-refractivity contribution is -0.125. The van der Waals surface area contributed by atoms with Gasteiger partial charge in [0.25, 0.3) is 0 Å². The van der Waals surface area contributed by atoms with Crippen molar-refractivity contribution in [1.82, 2.24) is 15.1 Å². The van der Waals surface area contributed by atoms with Gasteiger partial charge < -0.3 is 10.2 Å². The summed E-state index contributed by atoms with van der Waals surface area (Å²) < 4.78 is 0. The first kappa shape index (κ1) is 12.0. The van der Waals surface area contributed by atoms with Gasteiger partial charge in [-0.05, 0) is 19.9 Å². The number of carbonyl (C=O) groups is 2. The zero-order chi connectivity index (χ0) is 11.4. The van der Waals surface area contributed by atoms with Crippen molar-refractivity contribution in [3.63, 3.8) is 0 Å². The van der Waals surface area contributed by atoms with Gasteiger partial charge in [0.15, 0.2) is 0 Å². The van der Waals surface area contributed by atoms with E-state index in [4.69, 9.17) is 0 Å². The molecule has 86 valence electrons. The number of imide groups is 1. The molecule has 1 rings (SSSR count). The second kappa shape index (κ2) is 5.11. The number of likely N-dealkylation sites (N-methyl/N-ethyl adjacent to an activating group) is 1. The summed E-state index contributed by atoms with van der Waals surface area (Å²) in [5.41, 5.74) is 0. The molecule has 0 spiro atoms. The monoisotopic (exact) mass is 213 g/mol. The van der Waals surface area contributed by atoms with Crippen LogP contribution in [0.25, 0.3) is 0 Å². The molecular formula is C10H19N3O2. The Morgan fingerprint density at radius 3 is 2.60 bits per heavy atom. The number of amides is 3. The highest BCUT2D eigenvalue weighted by Crippen LogP contribution is 2.08. The van der Waals surface area contributed by atoms with Gasteiger partial charge >= 0.3 is 6.03 Å². The molecule has 0 radical (unpaired) electrons. The Kier molecular flexibility index (Phi) is 4.08. The molecule has 1 fully saturated rings. The van der Waals surface area contributed by atoms with Crippen molar-refractivity contribution in [2.75, 3.05) is 26.7 Å². The summed E-state index contributed by atoms with van der Waals surface area (Å²) in [5, 5.41) is 3.25. The highest BCUT2D eigenvalue weighted by atomic mass is 16.2. The molecule has 0 saturated carbocycles. The molecule has 1 saturated heterocycles. The number of nitrogens with one attached hydrogen (secondary N) is 1. The summed E-state index contributed by atoms with van der Waals surface area (Å²) in [4.78, 5) is 25.7. The van der Waals surface area contributed by atoms with Crippen molar-refractivity contribution >= 4 is 11.9 Å². The molecule has 1 heterocycles. The van der Waals surface area contributed by atoms with E-state index in [9.17, 15) is 9.59 Å². The van der Waals surface area contributed by atoms with E-state index >= 15 is 0 Å². The summed E-state index contributed by atoms with van der Waals surface area (Å²) in [6.45, 7) is 5.64. The molecule has 1 aliphatic rings. The standard InChI is InChI=1S/C10H19N3O2/c1-4-5-11-8(2)6-13-9(14)7-12(3)10(13)15/h8,11H,4-7H2,1-3H3. The third-order valence-corrected chi connectivity index (χ3v) is 2.43. The molecule has 0 bridgehead atoms. The first-order valence-corrected chi connectivity index (χ1v) is 5.35. The average Bonchev–Trinajstić information content (AvgIpc) is 2.42. The summed E-state index contributed by atoms with van der Waals surface area (Å²) in [5.74, 6) is -0.104. The Balaban J connectivity index is 2.43. The van der Waals surface area contributed by atoms with Crippen molar-refractivity contribution in [2.24, 2.45) is 0 Å². The molecule has 1 aliphatic heterocycles. The van der Waals surface area contributed by atoms with Crippen LogP contribution in [0.2, 0.25) is 0 Å². The van der Waals surface area contributed by atoms with Crippen LogP contribution in [0.3, 0.4) is 0 Å². The van der Waals surface area contributed by atoms with Crippen LogP contribution in [0.4, 0.5) is 4.79 Å². The minimum absolute atomic E-state index is 0.104. The molecule has 3 amide bonds. The second-order valence-electron chi connectivity index (χ2n) is 4.00. The van der Waals surface area contributed by atoms with Gasteiger partial charge in [-0.3, -0.25) is 9.69 Å². The quantitative estimate of drug-likeness (QED) is 0.667. The highest BCUT2D eigenvalue weighted by Gasteiger charge is 2.33. The van der Waals surface area contributed by atoms with E-state index in [0.717, 1.165) is 13.0 Å². The maximum absolute atomic E-state index is 11.5. The Bertz CT molecular complexity index is 255. The lowest BCUT2D eigenvalue weighted by Gasteiger charge is -2.19. The fourth-order valence-corrected chi connectivity index (χ4v) is 1.58. The topological polar surface area (TPSA) is 52.7 Å². The molecule has 1 N–H and O–H groups in total. The predicted octanol–water partition coefficient (Wildman–Crippen LogP) is 0.269. The van der Waals surface area contributed by atoms with E-state index in [-0.39, 0.29) is 24.5 Å². The van der Waals surface area contributed by atoms with Crippen LogP contribution in [0.15, 0.2) is 0 Å². The fraction of sp³-hybridized carbons (Fsp3) is 0.800. The Morgan fingerprint density at radius 1 is 1.47 bits per heavy atom. The minimum Gasteiger partial charge on any atom is -0.318 e. The molecule has 0 aromatic carbocycles. The van der Waals surface area contributed by atoms with E-state index in [1.807, 2.05) is 6.92 Å². The molecule has 5 heteroatoms. The van der Waals surface area contributed by atoms with Gasteiger partial charge in [-0.2, -0.15) is 0 Å². The van der Waals surface area contributed by atoms with Crippen molar-refractivity contribution in [3.8, 4) is 0 Å². The Labute approximate surface area is 90.4 Å². The largest absolute Gasteiger partial charge is 0.327 e. The van der Waals surface area contributed by atoms with E-state index in [1.54, 1.807) is 7.05 Å². The Hall–Kier alpha value is -1.10. The maximum Gasteiger partial charge on any atom is 0.327 e. The van der Waals surface area contributed by atoms with E-state index in [0.29, 0.717) is 6.54 Å². The summed E-state index contributed by atoms with van der Waals surface area (Å²) in [6, 6.07) is -0.0329. The van der Waals surface area contributed by atoms with Crippen LogP contribution in [-0.4, -0.2) is 54.5 Å². The van der Waals surface area contributed by atoms with E-state index < -0.39 is 0 Å². The molecule has 1 unspecified atom stereocenters. The SMILES string of the molecule is CCCNC(C)CN1C(=O)CN(C)C1=O. The van der Waals surface area contributed by atoms with Gasteiger partial charge in [0.05, 0.1) is 0 Å². The third kappa shape index (κ3) is 2.92. The van der Waals surface area contributed by atoms with Crippen LogP contribution >= 0.6 is 0 Å². The predicted molar refractivity (Wildman–Crippen MR) is 57.5 cm³/mol. The average molecular weight is 213 g/mol. The van der Waals surface area contributed by atoms with Gasteiger partial charge in [0, 0.05) is 19.6 Å². The van der Waals surface area contributed by atoms with Crippen molar-refractivity contribution in [1.29, 1.82) is 0 Å². The minimum atomic E-state index is -0.190. The smallest absolute Gasteiger partial charge is 0.318 e. The molecule has 0 aromatic rings. The number of rotatable bonds is 5. The Morgan fingerprint density at radius 2 is 2.13 bits per heavy atom. The van der Waals surface area contributed by atoms with Gasteiger partial charge in [0.2, 0.25) is 5.91 Å². The highest BCUT2D eigenvalue weighted by molar-refractivity contribution is 6.01. The molecule has 15 heavy (non-hydrogen) atoms. The molecule has 5 nitrogen and oxygen atoms in total. The lowest BCUT2D eigenvalue weighted by Crippen LogP contribution is -2.42. The fourth-order valence-electron chi connectivity index (χ4n) is 1.58. The van der Waals surface area contributed by atoms with E-state index in [1.165, 1.54) is 9.80 Å². The zero-order valence-electron chi connectivity index (χ0n) is 9.62. The normalized spacial score (nSPS) is 18.9. The van der Waals surface area contributed by atoms with Gasteiger partial charge in [-0.15, -0.1) is 0 Å². The number of nitrogens with zero attached hydrogens (tertiary/aromatic N) is 2. The number of carbonyl (C=O) groups excluding carboxylic acids is 2. The third-order valence-electron chi connectivity index (χ3n) is 2.43. The summed E-state index contributed by atoms with van der Waals surface area (Å²) in [7, 11) is 1.64. The second-order valence-corrected chi connectivity index (χ2v) is 4.00. The molecular weight excluding hydrogens is 194 g/mol. The molecule has 0 aliphatic carbocycles. The van der Waals surface area contributed by atoms with Crippen LogP contribution in [0.5, 0.6) is 0 Å². The lowest BCUT2D eigenvalue weighted by atomic mass is 10.3. The first-order chi connectivity index (χ1) is 7.06. The van der Waals surface area contributed by atoms with Crippen LogP contribution in [-0.2, 0) is 4.79 Å². The van der Waals surface area contributed by atoms with Gasteiger partial charge in [-0.1, -0.05) is 6.92 Å². The number of urea groups is 1. The number of hydrogen-bond donors (Lipinski definition) is 1. The van der Waals surface area contributed by atoms with Gasteiger partial charge in [0.1, 0.15) is 6.54 Å². The van der Waals surface area contributed by atoms with E-state index in [2.05, 4.69) is 12.2 Å². The molecule has 1 atom stereocenters. The van der Waals surface area contributed by atoms with Crippen LogP contribution in [0, 0.1) is 0 Å². The summed E-state index contributed by atoms with van der Waals surface area (Å²) >= 11 is 0. The first-order valence-electron chi connectivity index (χ1n) is 5.35. The van der Waals surface area contributed by atoms with Crippen molar-refractivity contribution in [2.45, 2.75) is 26.3 Å². The number of hydrogen-bond acceptors (Lipinski definition) is 3. The van der Waals surface area contributed by atoms with Crippen molar-refractivity contribution in [3.05, 3.63) is 0 Å². The molecule has 0 aromatic heterocycles. The van der Waals surface area contributed by atoms with Crippen molar-refractivity contribution < 1.29 is 9.59 Å².